The molecule has 4 N–H and O–H groups in total. The lowest BCUT2D eigenvalue weighted by atomic mass is 10.1. The van der Waals surface area contributed by atoms with Gasteiger partial charge in [-0.3, -0.25) is 9.59 Å². The van der Waals surface area contributed by atoms with Gasteiger partial charge in [0.05, 0.1) is 28.1 Å². The number of thioether (sulfide) groups is 1. The third kappa shape index (κ3) is 11.9. The van der Waals surface area contributed by atoms with Crippen molar-refractivity contribution in [3.05, 3.63) is 93.5 Å². The maximum absolute atomic E-state index is 13.4. The van der Waals surface area contributed by atoms with E-state index in [4.69, 9.17) is 16.3 Å². The Morgan fingerprint density at radius 3 is 2.40 bits per heavy atom. The standard InChI is InChI=1S/C36H39ClF3N5O6S/c1-35(2,3)51-34(50)43-30(33(48)49)21-52-20-23-8-7-9-24(16-23)31(46)42-29-13-11-25(45-14-5-4-6-15-45)18-26(29)32(47)44-41-19-22-10-12-28(37)27(17-22)36(38,39)40/h7-13,16-19,30H,4-6,14-15,20-21H2,1-3H3,(H,42,46)(H,43,50)(H,44,47)(H,48,49)/t30-/m0/s1. The van der Waals surface area contributed by atoms with Gasteiger partial charge in [-0.15, -0.1) is 0 Å². The van der Waals surface area contributed by atoms with Crippen LogP contribution < -0.4 is 21.0 Å². The summed E-state index contributed by atoms with van der Waals surface area (Å²) in [6.45, 7) is 6.58. The zero-order valence-corrected chi connectivity index (χ0v) is 30.3. The summed E-state index contributed by atoms with van der Waals surface area (Å²) < 4.78 is 45.1. The number of benzene rings is 3. The lowest BCUT2D eigenvalue weighted by Crippen LogP contribution is -2.44. The predicted octanol–water partition coefficient (Wildman–Crippen LogP) is 7.58. The molecule has 1 atom stereocenters. The predicted molar refractivity (Wildman–Crippen MR) is 195 cm³/mol. The fourth-order valence-corrected chi connectivity index (χ4v) is 6.38. The Morgan fingerprint density at radius 2 is 1.73 bits per heavy atom. The number of anilines is 2. The van der Waals surface area contributed by atoms with E-state index in [-0.39, 0.29) is 28.1 Å². The number of carbonyl (C=O) groups excluding carboxylic acids is 3. The molecule has 0 unspecified atom stereocenters. The van der Waals surface area contributed by atoms with Crippen LogP contribution in [0.4, 0.5) is 29.3 Å². The summed E-state index contributed by atoms with van der Waals surface area (Å²) in [4.78, 5) is 52.8. The van der Waals surface area contributed by atoms with E-state index < -0.39 is 52.3 Å². The first kappa shape index (κ1) is 40.0. The molecule has 1 aliphatic rings. The van der Waals surface area contributed by atoms with Gasteiger partial charge in [-0.1, -0.05) is 29.8 Å². The quantitative estimate of drug-likeness (QED) is 0.109. The van der Waals surface area contributed by atoms with Crippen molar-refractivity contribution in [1.29, 1.82) is 0 Å². The average molecular weight is 762 g/mol. The topological polar surface area (TPSA) is 149 Å². The average Bonchev–Trinajstić information content (AvgIpc) is 3.07. The van der Waals surface area contributed by atoms with Gasteiger partial charge in [0.1, 0.15) is 11.6 Å². The van der Waals surface area contributed by atoms with Gasteiger partial charge in [0.25, 0.3) is 11.8 Å². The minimum Gasteiger partial charge on any atom is -0.480 e. The highest BCUT2D eigenvalue weighted by atomic mass is 35.5. The van der Waals surface area contributed by atoms with E-state index >= 15 is 0 Å². The van der Waals surface area contributed by atoms with Crippen molar-refractivity contribution >= 4 is 64.8 Å². The summed E-state index contributed by atoms with van der Waals surface area (Å²) in [5.74, 6) is -2.07. The molecule has 0 saturated carbocycles. The molecule has 0 aromatic heterocycles. The smallest absolute Gasteiger partial charge is 0.417 e. The second-order valence-electron chi connectivity index (χ2n) is 12.9. The summed E-state index contributed by atoms with van der Waals surface area (Å²) in [6.07, 6.45) is -1.40. The summed E-state index contributed by atoms with van der Waals surface area (Å²) in [5, 5.41) is 18.1. The zero-order chi connectivity index (χ0) is 38.1. The molecule has 4 rings (SSSR count). The van der Waals surface area contributed by atoms with Crippen molar-refractivity contribution in [3.8, 4) is 0 Å². The molecule has 1 fully saturated rings. The Bertz CT molecular complexity index is 1810. The molecule has 11 nitrogen and oxygen atoms in total. The fourth-order valence-electron chi connectivity index (χ4n) is 5.16. The molecule has 1 heterocycles. The lowest BCUT2D eigenvalue weighted by molar-refractivity contribution is -0.139. The lowest BCUT2D eigenvalue weighted by Gasteiger charge is -2.29. The van der Waals surface area contributed by atoms with Gasteiger partial charge in [0, 0.05) is 35.8 Å². The number of carbonyl (C=O) groups is 4. The molecular formula is C36H39ClF3N5O6S. The highest BCUT2D eigenvalue weighted by Crippen LogP contribution is 2.35. The Labute approximate surface area is 308 Å². The van der Waals surface area contributed by atoms with Crippen molar-refractivity contribution in [2.45, 2.75) is 63.6 Å². The third-order valence-electron chi connectivity index (χ3n) is 7.62. The van der Waals surface area contributed by atoms with E-state index in [2.05, 4.69) is 26.1 Å². The summed E-state index contributed by atoms with van der Waals surface area (Å²) in [6, 6.07) is 13.7. The first-order valence-corrected chi connectivity index (χ1v) is 17.8. The fraction of sp³-hybridized carbons (Fsp3) is 0.361. The monoisotopic (exact) mass is 761 g/mol. The van der Waals surface area contributed by atoms with Gasteiger partial charge in [0.2, 0.25) is 0 Å². The SMILES string of the molecule is CC(C)(C)OC(=O)N[C@@H](CSCc1cccc(C(=O)Nc2ccc(N3CCCCC3)cc2C(=O)NN=Cc2ccc(Cl)c(C(F)(F)F)c2)c1)C(=O)O. The Morgan fingerprint density at radius 1 is 1.00 bits per heavy atom. The van der Waals surface area contributed by atoms with E-state index in [0.29, 0.717) is 11.3 Å². The summed E-state index contributed by atoms with van der Waals surface area (Å²) in [7, 11) is 0. The van der Waals surface area contributed by atoms with Crippen LogP contribution in [0.3, 0.4) is 0 Å². The molecule has 0 bridgehead atoms. The molecule has 0 spiro atoms. The Hall–Kier alpha value is -4.76. The van der Waals surface area contributed by atoms with Crippen molar-refractivity contribution in [1.82, 2.24) is 10.7 Å². The molecule has 3 aromatic rings. The largest absolute Gasteiger partial charge is 0.480 e. The molecule has 3 aromatic carbocycles. The van der Waals surface area contributed by atoms with Crippen LogP contribution in [-0.4, -0.2) is 65.7 Å². The molecule has 16 heteroatoms. The normalized spacial score (nSPS) is 14.1. The third-order valence-corrected chi connectivity index (χ3v) is 9.06. The minimum absolute atomic E-state index is 0.0385. The number of alkyl carbamates (subject to hydrolysis) is 1. The highest BCUT2D eigenvalue weighted by Gasteiger charge is 2.33. The number of piperidine rings is 1. The van der Waals surface area contributed by atoms with Crippen molar-refractivity contribution in [2.75, 3.05) is 29.1 Å². The van der Waals surface area contributed by atoms with Crippen LogP contribution in [0.25, 0.3) is 0 Å². The summed E-state index contributed by atoms with van der Waals surface area (Å²) >= 11 is 6.94. The Kier molecular flexibility index (Phi) is 13.6. The van der Waals surface area contributed by atoms with Crippen LogP contribution in [-0.2, 0) is 21.5 Å². The first-order valence-electron chi connectivity index (χ1n) is 16.3. The number of hydrazone groups is 1. The molecular weight excluding hydrogens is 723 g/mol. The first-order chi connectivity index (χ1) is 24.5. The van der Waals surface area contributed by atoms with Crippen molar-refractivity contribution in [2.24, 2.45) is 5.10 Å². The highest BCUT2D eigenvalue weighted by molar-refractivity contribution is 7.98. The number of carboxylic acid groups (broad SMARTS) is 1. The second kappa shape index (κ2) is 17.6. The van der Waals surface area contributed by atoms with Crippen LogP contribution in [0.2, 0.25) is 5.02 Å². The van der Waals surface area contributed by atoms with Gasteiger partial charge in [0.15, 0.2) is 0 Å². The number of alkyl halides is 3. The van der Waals surface area contributed by atoms with E-state index in [0.717, 1.165) is 56.4 Å². The van der Waals surface area contributed by atoms with Crippen LogP contribution in [0.1, 0.15) is 77.4 Å². The molecule has 0 aliphatic carbocycles. The van der Waals surface area contributed by atoms with Crippen LogP contribution >= 0.6 is 23.4 Å². The number of amides is 3. The molecule has 52 heavy (non-hydrogen) atoms. The molecule has 278 valence electrons. The van der Waals surface area contributed by atoms with Gasteiger partial charge in [-0.25, -0.2) is 15.0 Å². The number of hydrogen-bond donors (Lipinski definition) is 4. The van der Waals surface area contributed by atoms with E-state index in [1.54, 1.807) is 63.2 Å². The van der Waals surface area contributed by atoms with Gasteiger partial charge < -0.3 is 25.4 Å². The van der Waals surface area contributed by atoms with Gasteiger partial charge >= 0.3 is 18.2 Å². The van der Waals surface area contributed by atoms with Crippen LogP contribution in [0.5, 0.6) is 0 Å². The molecule has 3 amide bonds. The minimum atomic E-state index is -4.67. The maximum Gasteiger partial charge on any atom is 0.417 e. The number of nitrogens with one attached hydrogen (secondary N) is 3. The van der Waals surface area contributed by atoms with Crippen molar-refractivity contribution < 1.29 is 42.2 Å². The Balaban J connectivity index is 1.47. The summed E-state index contributed by atoms with van der Waals surface area (Å²) in [5.41, 5.74) is 2.59. The van der Waals surface area contributed by atoms with E-state index in [1.807, 2.05) is 0 Å². The maximum atomic E-state index is 13.4. The number of ether oxygens (including phenoxy) is 1. The van der Waals surface area contributed by atoms with Gasteiger partial charge in [-0.05, 0) is 93.6 Å². The number of aliphatic carboxylic acids is 1. The van der Waals surface area contributed by atoms with Crippen molar-refractivity contribution in [3.63, 3.8) is 0 Å². The number of carboxylic acids is 1. The second-order valence-corrected chi connectivity index (χ2v) is 14.4. The molecule has 1 aliphatic heterocycles. The molecule has 0 radical (unpaired) electrons. The van der Waals surface area contributed by atoms with Crippen LogP contribution in [0, 0.1) is 0 Å². The van der Waals surface area contributed by atoms with E-state index in [9.17, 15) is 37.5 Å². The number of nitrogens with zero attached hydrogens (tertiary/aromatic N) is 2. The number of halogens is 4. The number of rotatable bonds is 12. The van der Waals surface area contributed by atoms with Gasteiger partial charge in [-0.2, -0.15) is 30.0 Å². The molecule has 1 saturated heterocycles. The van der Waals surface area contributed by atoms with E-state index in [1.165, 1.54) is 17.8 Å². The number of hydrogen-bond acceptors (Lipinski definition) is 8. The zero-order valence-electron chi connectivity index (χ0n) is 28.7. The van der Waals surface area contributed by atoms with Crippen LogP contribution in [0.15, 0.2) is 65.8 Å².